The third-order valence-electron chi connectivity index (χ3n) is 0. The molecular weight excluding hydrogens is 45.0 g/mol. The molecular formula is C2H2LiN. The van der Waals surface area contributed by atoms with E-state index in [2.05, 4.69) is 6.58 Å². The fraction of sp³-hybridized carbons (Fsp3) is 0. The molecule has 0 amide bonds. The van der Waals surface area contributed by atoms with Crippen molar-refractivity contribution >= 4 is 0 Å². The summed E-state index contributed by atoms with van der Waals surface area (Å²) < 4.78 is 0. The van der Waals surface area contributed by atoms with Crippen molar-refractivity contribution in [3.8, 4) is 0 Å². The van der Waals surface area contributed by atoms with Crippen LogP contribution in [-0.4, -0.2) is 0 Å². The Kier molecular flexibility index (Phi) is 26.1. The van der Waals surface area contributed by atoms with E-state index < -0.39 is 0 Å². The fourth-order valence-electron chi connectivity index (χ4n) is 0. The minimum atomic E-state index is 0. The Balaban J connectivity index is 0. The summed E-state index contributed by atoms with van der Waals surface area (Å²) in [4.78, 5) is 0. The van der Waals surface area contributed by atoms with Gasteiger partial charge in [0.2, 0.25) is 0 Å². The van der Waals surface area contributed by atoms with E-state index in [1.165, 1.54) is 6.20 Å². The Morgan fingerprint density at radius 1 is 1.75 bits per heavy atom. The van der Waals surface area contributed by atoms with Crippen LogP contribution in [0.15, 0.2) is 0 Å². The molecule has 0 aliphatic rings. The maximum Gasteiger partial charge on any atom is 1.00 e. The van der Waals surface area contributed by atoms with Crippen molar-refractivity contribution in [2.75, 3.05) is 0 Å². The molecule has 1 nitrogen and oxygen atoms in total. The van der Waals surface area contributed by atoms with E-state index in [-0.39, 0.29) is 18.9 Å². The van der Waals surface area contributed by atoms with Gasteiger partial charge < -0.3 is 5.73 Å². The summed E-state index contributed by atoms with van der Waals surface area (Å²) in [5.41, 5.74) is 5.74. The van der Waals surface area contributed by atoms with Crippen LogP contribution in [0, 0.1) is 12.8 Å². The first-order chi connectivity index (χ1) is 1.41. The molecule has 0 radical (unpaired) electrons. The molecule has 0 atom stereocenters. The zero-order chi connectivity index (χ0) is 2.71. The smallest absolute Gasteiger partial charge is 0.487 e. The minimum absolute atomic E-state index is 0. The van der Waals surface area contributed by atoms with Gasteiger partial charge in [-0.15, -0.1) is 0 Å². The van der Waals surface area contributed by atoms with Crippen LogP contribution in [0.4, 0.5) is 0 Å². The molecule has 0 aromatic rings. The van der Waals surface area contributed by atoms with Crippen molar-refractivity contribution < 1.29 is 18.9 Å². The minimum Gasteiger partial charge on any atom is -0.487 e. The van der Waals surface area contributed by atoms with Crippen molar-refractivity contribution in [2.24, 2.45) is 0 Å². The van der Waals surface area contributed by atoms with E-state index >= 15 is 0 Å². The van der Waals surface area contributed by atoms with Crippen molar-refractivity contribution in [2.45, 2.75) is 0 Å². The average Bonchev–Trinajstić information content (AvgIpc) is 0.918. The van der Waals surface area contributed by atoms with Crippen molar-refractivity contribution in [3.05, 3.63) is 18.5 Å². The predicted octanol–water partition coefficient (Wildman–Crippen LogP) is -2.21. The average molecular weight is 47.0 g/mol. The number of rotatable bonds is 0. The summed E-state index contributed by atoms with van der Waals surface area (Å²) in [5.74, 6) is 0. The van der Waals surface area contributed by atoms with Gasteiger partial charge in [0.25, 0.3) is 0 Å². The fourth-order valence-corrected chi connectivity index (χ4v) is 0. The summed E-state index contributed by atoms with van der Waals surface area (Å²) in [5, 5.41) is 0. The predicted molar refractivity (Wildman–Crippen MR) is 11.9 cm³/mol. The molecule has 0 saturated heterocycles. The van der Waals surface area contributed by atoms with E-state index in [0.29, 0.717) is 0 Å². The normalized spacial score (nSPS) is 2.00. The van der Waals surface area contributed by atoms with E-state index in [0.717, 1.165) is 0 Å². The quantitative estimate of drug-likeness (QED) is 0.218. The van der Waals surface area contributed by atoms with Crippen LogP contribution in [0.1, 0.15) is 0 Å². The third kappa shape index (κ3) is 1000. The zero-order valence-corrected chi connectivity index (χ0v) is 2.58. The maximum atomic E-state index is 5.74. The van der Waals surface area contributed by atoms with Crippen LogP contribution < -0.4 is 18.9 Å². The molecule has 0 fully saturated rings. The Labute approximate surface area is 38.1 Å². The Bertz CT molecular complexity index is 13.5. The second-order valence-electron chi connectivity index (χ2n) is 0.144. The van der Waals surface area contributed by atoms with Gasteiger partial charge in [-0.2, -0.15) is 0 Å². The van der Waals surface area contributed by atoms with Crippen LogP contribution in [0.2, 0.25) is 0 Å². The van der Waals surface area contributed by atoms with Gasteiger partial charge in [-0.25, -0.2) is 6.58 Å². The molecule has 0 aliphatic carbocycles. The van der Waals surface area contributed by atoms with Crippen LogP contribution in [0.5, 0.6) is 0 Å². The SMILES string of the molecule is [CH-]=[C+][NH-].[Li+]. The van der Waals surface area contributed by atoms with Crippen molar-refractivity contribution in [1.29, 1.82) is 0 Å². The number of nitrogens with one attached hydrogen (secondary N) is 1. The molecule has 16 valence electrons. The molecule has 0 rings (SSSR count). The monoisotopic (exact) mass is 47.0 g/mol. The largest absolute Gasteiger partial charge is 1.00 e. The van der Waals surface area contributed by atoms with Crippen molar-refractivity contribution in [3.63, 3.8) is 0 Å². The van der Waals surface area contributed by atoms with Gasteiger partial charge in [0.1, 0.15) is 0 Å². The molecule has 0 saturated carbocycles. The van der Waals surface area contributed by atoms with Gasteiger partial charge in [0, 0.05) is 0 Å². The summed E-state index contributed by atoms with van der Waals surface area (Å²) in [6, 6.07) is 0. The molecule has 0 aliphatic heterocycles. The summed E-state index contributed by atoms with van der Waals surface area (Å²) in [6.07, 6.45) is 1.50. The third-order valence-corrected chi connectivity index (χ3v) is 0. The molecule has 0 spiro atoms. The standard InChI is InChI=1S/C2H2N.Li/c1-2-3;/h1,3H;/q-1;+1. The van der Waals surface area contributed by atoms with Gasteiger partial charge in [0.05, 0.1) is 0 Å². The molecule has 0 heterocycles. The van der Waals surface area contributed by atoms with E-state index in [1.807, 2.05) is 0 Å². The maximum absolute atomic E-state index is 5.74. The second-order valence-corrected chi connectivity index (χ2v) is 0.144. The second kappa shape index (κ2) is 11.6. The van der Waals surface area contributed by atoms with Gasteiger partial charge >= 0.3 is 18.9 Å². The Morgan fingerprint density at radius 2 is 1.75 bits per heavy atom. The molecule has 4 heavy (non-hydrogen) atoms. The van der Waals surface area contributed by atoms with Crippen LogP contribution in [0.25, 0.3) is 5.73 Å². The molecule has 0 aromatic heterocycles. The summed E-state index contributed by atoms with van der Waals surface area (Å²) in [6.45, 7) is 4.26. The Morgan fingerprint density at radius 3 is 1.75 bits per heavy atom. The van der Waals surface area contributed by atoms with Crippen LogP contribution >= 0.6 is 0 Å². The first kappa shape index (κ1) is 8.97. The van der Waals surface area contributed by atoms with Crippen LogP contribution in [0.3, 0.4) is 0 Å². The topological polar surface area (TPSA) is 23.8 Å². The number of hydrogen-bond donors (Lipinski definition) is 0. The number of hydrogen-bond acceptors (Lipinski definition) is 0. The van der Waals surface area contributed by atoms with Gasteiger partial charge in [-0.1, -0.05) is 6.20 Å². The molecule has 0 unspecified atom stereocenters. The summed E-state index contributed by atoms with van der Waals surface area (Å²) >= 11 is 0. The molecule has 0 bridgehead atoms. The van der Waals surface area contributed by atoms with Gasteiger partial charge in [0.15, 0.2) is 0 Å². The van der Waals surface area contributed by atoms with Gasteiger partial charge in [-0.05, 0) is 0 Å². The van der Waals surface area contributed by atoms with Crippen molar-refractivity contribution in [1.82, 2.24) is 0 Å². The molecule has 2 heteroatoms. The van der Waals surface area contributed by atoms with Gasteiger partial charge in [-0.3, -0.25) is 0 Å². The first-order valence-corrected chi connectivity index (χ1v) is 0.539. The Hall–Kier alpha value is 0.0474. The van der Waals surface area contributed by atoms with E-state index in [1.54, 1.807) is 0 Å². The summed E-state index contributed by atoms with van der Waals surface area (Å²) in [7, 11) is 0. The first-order valence-electron chi connectivity index (χ1n) is 0.539. The zero-order valence-electron chi connectivity index (χ0n) is 2.58. The van der Waals surface area contributed by atoms with Crippen LogP contribution in [-0.2, 0) is 0 Å². The van der Waals surface area contributed by atoms with E-state index in [4.69, 9.17) is 5.73 Å². The molecule has 1 N–H and O–H groups in total. The molecule has 0 aromatic carbocycles. The van der Waals surface area contributed by atoms with E-state index in [9.17, 15) is 0 Å².